The van der Waals surface area contributed by atoms with Gasteiger partial charge in [0.25, 0.3) is 5.91 Å². The molecule has 3 aromatic rings. The number of carbonyl (C=O) groups excluding carboxylic acids is 3. The third kappa shape index (κ3) is 3.36. The second-order valence-corrected chi connectivity index (χ2v) is 7.93. The molecule has 1 saturated heterocycles. The maximum absolute atomic E-state index is 13.5. The largest absolute Gasteiger partial charge is 0.486 e. The van der Waals surface area contributed by atoms with Gasteiger partial charge in [0.15, 0.2) is 11.5 Å². The lowest BCUT2D eigenvalue weighted by atomic mass is 9.91. The van der Waals surface area contributed by atoms with Crippen molar-refractivity contribution in [3.8, 4) is 11.5 Å². The Bertz CT molecular complexity index is 1280. The van der Waals surface area contributed by atoms with Crippen LogP contribution in [0.1, 0.15) is 35.5 Å². The smallest absolute Gasteiger partial charge is 0.374 e. The number of urea groups is 1. The van der Waals surface area contributed by atoms with Gasteiger partial charge in [0.05, 0.1) is 13.2 Å². The van der Waals surface area contributed by atoms with Crippen molar-refractivity contribution in [1.82, 2.24) is 10.2 Å². The van der Waals surface area contributed by atoms with Gasteiger partial charge >= 0.3 is 12.0 Å². The van der Waals surface area contributed by atoms with Crippen LogP contribution in [-0.2, 0) is 21.6 Å². The summed E-state index contributed by atoms with van der Waals surface area (Å²) >= 11 is 0. The zero-order valence-electron chi connectivity index (χ0n) is 18.2. The van der Waals surface area contributed by atoms with Gasteiger partial charge in [-0.05, 0) is 37.6 Å². The molecule has 2 aromatic carbocycles. The van der Waals surface area contributed by atoms with Crippen molar-refractivity contribution in [2.45, 2.75) is 25.9 Å². The Labute approximate surface area is 189 Å². The first kappa shape index (κ1) is 20.9. The second kappa shape index (κ2) is 7.84. The van der Waals surface area contributed by atoms with Crippen LogP contribution in [-0.4, -0.2) is 42.6 Å². The van der Waals surface area contributed by atoms with Gasteiger partial charge in [0.1, 0.15) is 24.3 Å². The highest BCUT2D eigenvalue weighted by molar-refractivity contribution is 6.08. The van der Waals surface area contributed by atoms with Crippen LogP contribution in [0.15, 0.2) is 46.9 Å². The molecular weight excluding hydrogens is 428 g/mol. The van der Waals surface area contributed by atoms with Gasteiger partial charge < -0.3 is 23.9 Å². The fraction of sp³-hybridized carbons (Fsp3) is 0.292. The number of esters is 1. The number of carbonyl (C=O) groups is 3. The Morgan fingerprint density at radius 3 is 2.67 bits per heavy atom. The topological polar surface area (TPSA) is 107 Å². The van der Waals surface area contributed by atoms with E-state index in [2.05, 4.69) is 5.32 Å². The van der Waals surface area contributed by atoms with E-state index in [1.54, 1.807) is 56.3 Å². The molecule has 2 aliphatic rings. The number of benzene rings is 2. The number of rotatable bonds is 5. The molecule has 9 nitrogen and oxygen atoms in total. The summed E-state index contributed by atoms with van der Waals surface area (Å²) in [5, 5.41) is 3.42. The molecule has 0 bridgehead atoms. The Balaban J connectivity index is 1.50. The highest BCUT2D eigenvalue weighted by Gasteiger charge is 2.49. The van der Waals surface area contributed by atoms with Crippen LogP contribution in [0, 0.1) is 0 Å². The van der Waals surface area contributed by atoms with Gasteiger partial charge in [-0.1, -0.05) is 24.3 Å². The molecule has 1 atom stereocenters. The first-order chi connectivity index (χ1) is 15.9. The summed E-state index contributed by atoms with van der Waals surface area (Å²) in [5.41, 5.74) is 0.141. The highest BCUT2D eigenvalue weighted by Crippen LogP contribution is 2.38. The fourth-order valence-electron chi connectivity index (χ4n) is 4.17. The maximum atomic E-state index is 13.5. The summed E-state index contributed by atoms with van der Waals surface area (Å²) < 4.78 is 22.0. The first-order valence-electron chi connectivity index (χ1n) is 10.6. The number of para-hydroxylation sites is 1. The minimum atomic E-state index is -1.31. The average Bonchev–Trinajstić information content (AvgIpc) is 3.30. The third-order valence-corrected chi connectivity index (χ3v) is 5.87. The van der Waals surface area contributed by atoms with Crippen LogP contribution in [0.5, 0.6) is 11.5 Å². The summed E-state index contributed by atoms with van der Waals surface area (Å²) in [5.74, 6) is -0.0155. The van der Waals surface area contributed by atoms with E-state index in [1.807, 2.05) is 0 Å². The van der Waals surface area contributed by atoms with Crippen LogP contribution in [0.4, 0.5) is 4.79 Å². The number of imide groups is 1. The number of hydrogen-bond acceptors (Lipinski definition) is 7. The molecule has 2 aliphatic heterocycles. The summed E-state index contributed by atoms with van der Waals surface area (Å²) in [6, 6.07) is 11.6. The lowest BCUT2D eigenvalue weighted by Gasteiger charge is -2.25. The molecule has 5 rings (SSSR count). The molecule has 33 heavy (non-hydrogen) atoms. The molecule has 1 unspecified atom stereocenters. The molecule has 0 radical (unpaired) electrons. The van der Waals surface area contributed by atoms with E-state index < -0.39 is 23.4 Å². The number of amides is 3. The van der Waals surface area contributed by atoms with E-state index in [4.69, 9.17) is 18.6 Å². The Morgan fingerprint density at radius 2 is 1.88 bits per heavy atom. The molecule has 1 aromatic heterocycles. The molecule has 170 valence electrons. The van der Waals surface area contributed by atoms with E-state index >= 15 is 0 Å². The number of fused-ring (bicyclic) bond motifs is 2. The van der Waals surface area contributed by atoms with Gasteiger partial charge in [-0.15, -0.1) is 0 Å². The van der Waals surface area contributed by atoms with Crippen LogP contribution in [0.2, 0.25) is 0 Å². The molecule has 3 heterocycles. The van der Waals surface area contributed by atoms with Crippen molar-refractivity contribution in [2.75, 3.05) is 19.8 Å². The van der Waals surface area contributed by atoms with E-state index in [9.17, 15) is 14.4 Å². The number of nitrogens with one attached hydrogen (secondary N) is 1. The SMILES string of the molecule is CCOC(=O)c1oc2ccccc2c1CN1C(=O)NC(C)(c2ccc3c(c2)OCCO3)C1=O. The van der Waals surface area contributed by atoms with Gasteiger partial charge in [-0.2, -0.15) is 0 Å². The van der Waals surface area contributed by atoms with Gasteiger partial charge in [0.2, 0.25) is 5.76 Å². The standard InChI is InChI=1S/C24H22N2O7/c1-3-30-21(27)20-16(15-6-4-5-7-17(15)33-20)13-26-22(28)24(2,25-23(26)29)14-8-9-18-19(12-14)32-11-10-31-18/h4-9,12H,3,10-11,13H2,1-2H3,(H,25,29). The zero-order valence-corrected chi connectivity index (χ0v) is 18.2. The molecule has 3 amide bonds. The monoisotopic (exact) mass is 450 g/mol. The number of nitrogens with zero attached hydrogens (tertiary/aromatic N) is 1. The molecule has 0 saturated carbocycles. The molecule has 1 N–H and O–H groups in total. The Hall–Kier alpha value is -4.01. The van der Waals surface area contributed by atoms with E-state index in [0.29, 0.717) is 46.8 Å². The van der Waals surface area contributed by atoms with Crippen molar-refractivity contribution < 1.29 is 33.0 Å². The molecular formula is C24H22N2O7. The lowest BCUT2D eigenvalue weighted by Crippen LogP contribution is -2.41. The predicted molar refractivity (Wildman–Crippen MR) is 116 cm³/mol. The highest BCUT2D eigenvalue weighted by atomic mass is 16.6. The summed E-state index contributed by atoms with van der Waals surface area (Å²) in [6.45, 7) is 4.21. The van der Waals surface area contributed by atoms with Crippen LogP contribution in [0.25, 0.3) is 11.0 Å². The average molecular weight is 450 g/mol. The number of ether oxygens (including phenoxy) is 3. The second-order valence-electron chi connectivity index (χ2n) is 7.93. The minimum absolute atomic E-state index is 0.0217. The van der Waals surface area contributed by atoms with Crippen LogP contribution >= 0.6 is 0 Å². The van der Waals surface area contributed by atoms with Gasteiger partial charge in [-0.3, -0.25) is 9.69 Å². The molecule has 1 fully saturated rings. The first-order valence-corrected chi connectivity index (χ1v) is 10.6. The summed E-state index contributed by atoms with van der Waals surface area (Å²) in [4.78, 5) is 40.0. The van der Waals surface area contributed by atoms with Crippen molar-refractivity contribution in [3.05, 3.63) is 59.4 Å². The van der Waals surface area contributed by atoms with Gasteiger partial charge in [-0.25, -0.2) is 9.59 Å². The third-order valence-electron chi connectivity index (χ3n) is 5.87. The summed E-state index contributed by atoms with van der Waals surface area (Å²) in [6.07, 6.45) is 0. The quantitative estimate of drug-likeness (QED) is 0.469. The normalized spacial score (nSPS) is 19.6. The van der Waals surface area contributed by atoms with E-state index in [-0.39, 0.29) is 18.9 Å². The zero-order chi connectivity index (χ0) is 23.2. The predicted octanol–water partition coefficient (Wildman–Crippen LogP) is 3.35. The molecule has 0 spiro atoms. The Morgan fingerprint density at radius 1 is 1.12 bits per heavy atom. The minimum Gasteiger partial charge on any atom is -0.486 e. The van der Waals surface area contributed by atoms with Crippen molar-refractivity contribution in [1.29, 1.82) is 0 Å². The van der Waals surface area contributed by atoms with Gasteiger partial charge in [0, 0.05) is 10.9 Å². The molecule has 9 heteroatoms. The van der Waals surface area contributed by atoms with Crippen molar-refractivity contribution in [3.63, 3.8) is 0 Å². The summed E-state index contributed by atoms with van der Waals surface area (Å²) in [7, 11) is 0. The van der Waals surface area contributed by atoms with E-state index in [0.717, 1.165) is 4.90 Å². The number of hydrogen-bond donors (Lipinski definition) is 1. The van der Waals surface area contributed by atoms with Crippen LogP contribution < -0.4 is 14.8 Å². The fourth-order valence-corrected chi connectivity index (χ4v) is 4.17. The van der Waals surface area contributed by atoms with Crippen molar-refractivity contribution >= 4 is 28.9 Å². The maximum Gasteiger partial charge on any atom is 0.374 e. The van der Waals surface area contributed by atoms with Crippen molar-refractivity contribution in [2.24, 2.45) is 0 Å². The Kier molecular flexibility index (Phi) is 4.96. The molecule has 0 aliphatic carbocycles. The number of furan rings is 1. The van der Waals surface area contributed by atoms with E-state index in [1.165, 1.54) is 0 Å². The lowest BCUT2D eigenvalue weighted by molar-refractivity contribution is -0.131. The van der Waals surface area contributed by atoms with Crippen LogP contribution in [0.3, 0.4) is 0 Å².